The van der Waals surface area contributed by atoms with Crippen molar-refractivity contribution in [3.63, 3.8) is 0 Å². The van der Waals surface area contributed by atoms with Crippen LogP contribution in [-0.4, -0.2) is 48.3 Å². The Hall–Kier alpha value is -3.05. The number of hydrogen-bond acceptors (Lipinski definition) is 5. The Balaban J connectivity index is 1.37. The first-order chi connectivity index (χ1) is 18.7. The Labute approximate surface area is 228 Å². The van der Waals surface area contributed by atoms with E-state index < -0.39 is 0 Å². The lowest BCUT2D eigenvalue weighted by atomic mass is 9.84. The van der Waals surface area contributed by atoms with Crippen molar-refractivity contribution in [3.05, 3.63) is 71.0 Å². The highest BCUT2D eigenvalue weighted by atomic mass is 16.5. The van der Waals surface area contributed by atoms with Crippen LogP contribution in [0, 0.1) is 0 Å². The van der Waals surface area contributed by atoms with Gasteiger partial charge in [0.25, 0.3) is 0 Å². The molecule has 0 unspecified atom stereocenters. The minimum Gasteiger partial charge on any atom is -0.507 e. The number of rotatable bonds is 9. The molecule has 5 nitrogen and oxygen atoms in total. The second-order valence-corrected chi connectivity index (χ2v) is 10.9. The molecule has 1 saturated heterocycles. The van der Waals surface area contributed by atoms with Gasteiger partial charge in [0.15, 0.2) is 0 Å². The molecule has 0 radical (unpaired) electrons. The minimum absolute atomic E-state index is 0.361. The summed E-state index contributed by atoms with van der Waals surface area (Å²) >= 11 is 0. The molecular weight excluding hydrogens is 470 g/mol. The number of aryl methyl sites for hydroxylation is 1. The Kier molecular flexibility index (Phi) is 8.85. The van der Waals surface area contributed by atoms with E-state index in [0.717, 1.165) is 60.6 Å². The molecule has 202 valence electrons. The van der Waals surface area contributed by atoms with Crippen molar-refractivity contribution in [2.24, 2.45) is 0 Å². The van der Waals surface area contributed by atoms with E-state index in [0.29, 0.717) is 12.3 Å². The van der Waals surface area contributed by atoms with Crippen molar-refractivity contribution in [1.29, 1.82) is 0 Å². The molecule has 0 saturated carbocycles. The zero-order valence-electron chi connectivity index (χ0n) is 23.2. The van der Waals surface area contributed by atoms with Crippen LogP contribution in [0.25, 0.3) is 11.1 Å². The van der Waals surface area contributed by atoms with E-state index in [2.05, 4.69) is 53.3 Å². The van der Waals surface area contributed by atoms with Crippen LogP contribution in [0.5, 0.6) is 11.5 Å². The summed E-state index contributed by atoms with van der Waals surface area (Å²) in [5, 5.41) is 11.0. The van der Waals surface area contributed by atoms with Gasteiger partial charge in [-0.3, -0.25) is 4.98 Å². The highest BCUT2D eigenvalue weighted by Gasteiger charge is 2.22. The van der Waals surface area contributed by atoms with Gasteiger partial charge in [0.05, 0.1) is 19.3 Å². The quantitative estimate of drug-likeness (QED) is 0.341. The number of pyridine rings is 1. The summed E-state index contributed by atoms with van der Waals surface area (Å²) < 4.78 is 5.63. The van der Waals surface area contributed by atoms with Crippen molar-refractivity contribution in [3.8, 4) is 22.6 Å². The van der Waals surface area contributed by atoms with Gasteiger partial charge in [-0.2, -0.15) is 0 Å². The van der Waals surface area contributed by atoms with Gasteiger partial charge in [0.1, 0.15) is 11.5 Å². The normalized spacial score (nSPS) is 16.1. The minimum atomic E-state index is 0.361. The van der Waals surface area contributed by atoms with Crippen molar-refractivity contribution in [1.82, 2.24) is 9.88 Å². The number of anilines is 1. The third kappa shape index (κ3) is 6.15. The van der Waals surface area contributed by atoms with Crippen molar-refractivity contribution >= 4 is 5.69 Å². The van der Waals surface area contributed by atoms with Crippen molar-refractivity contribution in [2.75, 3.05) is 38.2 Å². The lowest BCUT2D eigenvalue weighted by Crippen LogP contribution is -2.27. The fourth-order valence-electron chi connectivity index (χ4n) is 6.13. The zero-order valence-corrected chi connectivity index (χ0v) is 23.2. The molecule has 0 spiro atoms. The number of fused-ring (bicyclic) bond motifs is 1. The average Bonchev–Trinajstić information content (AvgIpc) is 3.24. The number of phenolic OH excluding ortho intramolecular Hbond substituents is 1. The maximum absolute atomic E-state index is 11.0. The molecule has 0 bridgehead atoms. The molecule has 0 amide bonds. The van der Waals surface area contributed by atoms with Crippen molar-refractivity contribution in [2.45, 2.75) is 71.3 Å². The maximum Gasteiger partial charge on any atom is 0.123 e. The van der Waals surface area contributed by atoms with Gasteiger partial charge in [0.2, 0.25) is 0 Å². The van der Waals surface area contributed by atoms with E-state index in [1.54, 1.807) is 7.11 Å². The number of aromatic nitrogens is 1. The molecule has 2 aromatic carbocycles. The molecule has 1 aliphatic carbocycles. The van der Waals surface area contributed by atoms with Crippen LogP contribution in [0.15, 0.2) is 48.7 Å². The van der Waals surface area contributed by atoms with Crippen LogP contribution in [0.4, 0.5) is 5.69 Å². The highest BCUT2D eigenvalue weighted by Crippen LogP contribution is 2.43. The monoisotopic (exact) mass is 513 g/mol. The number of likely N-dealkylation sites (tertiary alicyclic amines) is 1. The van der Waals surface area contributed by atoms with Gasteiger partial charge < -0.3 is 19.6 Å². The second kappa shape index (κ2) is 12.7. The van der Waals surface area contributed by atoms with E-state index in [1.807, 2.05) is 12.1 Å². The number of ether oxygens (including phenoxy) is 1. The van der Waals surface area contributed by atoms with E-state index in [1.165, 1.54) is 68.3 Å². The summed E-state index contributed by atoms with van der Waals surface area (Å²) in [6, 6.07) is 14.6. The van der Waals surface area contributed by atoms with Crippen LogP contribution in [0.2, 0.25) is 0 Å². The summed E-state index contributed by atoms with van der Waals surface area (Å²) in [7, 11) is 1.71. The van der Waals surface area contributed by atoms with Gasteiger partial charge in [-0.15, -0.1) is 0 Å². The summed E-state index contributed by atoms with van der Waals surface area (Å²) in [5.74, 6) is 1.18. The predicted octanol–water partition coefficient (Wildman–Crippen LogP) is 6.79. The molecule has 1 fully saturated rings. The maximum atomic E-state index is 11.0. The molecule has 5 heteroatoms. The van der Waals surface area contributed by atoms with Crippen LogP contribution in [0.3, 0.4) is 0 Å². The molecule has 0 atom stereocenters. The van der Waals surface area contributed by atoms with Gasteiger partial charge in [-0.25, -0.2) is 0 Å². The van der Waals surface area contributed by atoms with Crippen LogP contribution < -0.4 is 9.64 Å². The standard InChI is InChI=1S/C33H43N3O2/c1-3-36(24-27-14-12-25(23-34-27)18-21-35-19-8-4-5-9-20-35)31-22-28(38-2)15-16-30(31)33-29-11-7-6-10-26(29)13-17-32(33)37/h12-17,22-23,37H,3-11,18-21,24H2,1-2H3. The summed E-state index contributed by atoms with van der Waals surface area (Å²) in [6.07, 6.45) is 13.0. The van der Waals surface area contributed by atoms with Crippen LogP contribution in [0.1, 0.15) is 67.8 Å². The third-order valence-electron chi connectivity index (χ3n) is 8.36. The fourth-order valence-corrected chi connectivity index (χ4v) is 6.13. The van der Waals surface area contributed by atoms with E-state index in [-0.39, 0.29) is 0 Å². The largest absolute Gasteiger partial charge is 0.507 e. The molecular formula is C33H43N3O2. The molecule has 5 rings (SSSR count). The number of methoxy groups -OCH3 is 1. The van der Waals surface area contributed by atoms with E-state index in [4.69, 9.17) is 9.72 Å². The second-order valence-electron chi connectivity index (χ2n) is 10.9. The summed E-state index contributed by atoms with van der Waals surface area (Å²) in [4.78, 5) is 9.83. The van der Waals surface area contributed by atoms with Gasteiger partial charge in [-0.05, 0) is 106 Å². The number of benzene rings is 2. The first-order valence-corrected chi connectivity index (χ1v) is 14.6. The Bertz CT molecular complexity index is 1200. The van der Waals surface area contributed by atoms with Gasteiger partial charge >= 0.3 is 0 Å². The molecule has 2 aliphatic rings. The van der Waals surface area contributed by atoms with E-state index >= 15 is 0 Å². The van der Waals surface area contributed by atoms with Crippen molar-refractivity contribution < 1.29 is 9.84 Å². The molecule has 38 heavy (non-hydrogen) atoms. The Morgan fingerprint density at radius 2 is 1.76 bits per heavy atom. The van der Waals surface area contributed by atoms with Crippen LogP contribution >= 0.6 is 0 Å². The third-order valence-corrected chi connectivity index (χ3v) is 8.36. The molecule has 3 aromatic rings. The lowest BCUT2D eigenvalue weighted by molar-refractivity contribution is 0.289. The Morgan fingerprint density at radius 3 is 2.50 bits per heavy atom. The molecule has 1 aliphatic heterocycles. The van der Waals surface area contributed by atoms with Crippen LogP contribution in [-0.2, 0) is 25.8 Å². The topological polar surface area (TPSA) is 48.8 Å². The van der Waals surface area contributed by atoms with Gasteiger partial charge in [0, 0.05) is 42.2 Å². The SMILES string of the molecule is CCN(Cc1ccc(CCN2CCCCCC2)cn1)c1cc(OC)ccc1-c1c(O)ccc2c1CCCC2. The number of nitrogens with zero attached hydrogens (tertiary/aromatic N) is 3. The lowest BCUT2D eigenvalue weighted by Gasteiger charge is -2.28. The smallest absolute Gasteiger partial charge is 0.123 e. The first-order valence-electron chi connectivity index (χ1n) is 14.6. The number of hydrogen-bond donors (Lipinski definition) is 1. The zero-order chi connectivity index (χ0) is 26.3. The summed E-state index contributed by atoms with van der Waals surface area (Å²) in [6.45, 7) is 7.31. The Morgan fingerprint density at radius 1 is 0.947 bits per heavy atom. The first kappa shape index (κ1) is 26.6. The highest BCUT2D eigenvalue weighted by molar-refractivity contribution is 5.86. The predicted molar refractivity (Wildman–Crippen MR) is 156 cm³/mol. The molecule has 2 heterocycles. The fraction of sp³-hybridized carbons (Fsp3) is 0.485. The number of phenols is 1. The van der Waals surface area contributed by atoms with E-state index in [9.17, 15) is 5.11 Å². The number of aromatic hydroxyl groups is 1. The molecule has 1 aromatic heterocycles. The molecule has 1 N–H and O–H groups in total. The summed E-state index contributed by atoms with van der Waals surface area (Å²) in [5.41, 5.74) is 8.15. The average molecular weight is 514 g/mol. The van der Waals surface area contributed by atoms with Gasteiger partial charge in [-0.1, -0.05) is 25.0 Å².